The minimum absolute atomic E-state index is 0.207. The predicted molar refractivity (Wildman–Crippen MR) is 91.6 cm³/mol. The van der Waals surface area contributed by atoms with Gasteiger partial charge in [0.05, 0.1) is 25.5 Å². The van der Waals surface area contributed by atoms with E-state index in [-0.39, 0.29) is 5.91 Å². The van der Waals surface area contributed by atoms with Crippen molar-refractivity contribution in [3.63, 3.8) is 0 Å². The molecule has 2 aromatic heterocycles. The Hall–Kier alpha value is -2.19. The lowest BCUT2D eigenvalue weighted by molar-refractivity contribution is 0.0383. The third-order valence-electron chi connectivity index (χ3n) is 4.43. The number of nitrogens with one attached hydrogen (secondary N) is 1. The van der Waals surface area contributed by atoms with E-state index in [1.165, 1.54) is 0 Å². The molecule has 8 nitrogen and oxygen atoms in total. The Morgan fingerprint density at radius 1 is 1.28 bits per heavy atom. The maximum atomic E-state index is 12.5. The molecule has 0 radical (unpaired) electrons. The van der Waals surface area contributed by atoms with Crippen LogP contribution in [0.3, 0.4) is 0 Å². The fourth-order valence-corrected chi connectivity index (χ4v) is 2.98. The van der Waals surface area contributed by atoms with E-state index in [0.29, 0.717) is 24.5 Å². The molecule has 1 N–H and O–H groups in total. The van der Waals surface area contributed by atoms with Crippen LogP contribution in [0.4, 0.5) is 0 Å². The summed E-state index contributed by atoms with van der Waals surface area (Å²) in [5, 5.41) is 11.3. The van der Waals surface area contributed by atoms with Crippen molar-refractivity contribution in [2.45, 2.75) is 27.3 Å². The number of hydrogen-bond donors (Lipinski definition) is 1. The first-order valence-corrected chi connectivity index (χ1v) is 8.59. The largest absolute Gasteiger partial charge is 0.379 e. The number of aryl methyl sites for hydroxylation is 3. The van der Waals surface area contributed by atoms with Crippen LogP contribution in [0.5, 0.6) is 0 Å². The molecular formula is C17H25N5O3. The molecule has 1 aliphatic rings. The van der Waals surface area contributed by atoms with Crippen LogP contribution in [0.2, 0.25) is 0 Å². The van der Waals surface area contributed by atoms with Crippen molar-refractivity contribution in [1.29, 1.82) is 0 Å². The fraction of sp³-hybridized carbons (Fsp3) is 0.588. The van der Waals surface area contributed by atoms with Crippen molar-refractivity contribution >= 4 is 5.91 Å². The Kier molecular flexibility index (Phi) is 5.50. The van der Waals surface area contributed by atoms with Crippen molar-refractivity contribution in [2.75, 3.05) is 39.4 Å². The van der Waals surface area contributed by atoms with Crippen LogP contribution in [0, 0.1) is 20.8 Å². The van der Waals surface area contributed by atoms with E-state index < -0.39 is 0 Å². The van der Waals surface area contributed by atoms with Crippen LogP contribution in [-0.4, -0.2) is 65.1 Å². The van der Waals surface area contributed by atoms with Crippen LogP contribution in [0.1, 0.15) is 33.2 Å². The summed E-state index contributed by atoms with van der Waals surface area (Å²) in [4.78, 5) is 14.8. The molecule has 0 bridgehead atoms. The fourth-order valence-electron chi connectivity index (χ4n) is 2.98. The van der Waals surface area contributed by atoms with Crippen molar-refractivity contribution in [1.82, 2.24) is 25.2 Å². The van der Waals surface area contributed by atoms with Gasteiger partial charge in [-0.15, -0.1) is 0 Å². The highest BCUT2D eigenvalue weighted by atomic mass is 16.5. The zero-order chi connectivity index (χ0) is 17.8. The number of hydrogen-bond acceptors (Lipinski definition) is 6. The number of rotatable bonds is 6. The number of ether oxygens (including phenoxy) is 1. The summed E-state index contributed by atoms with van der Waals surface area (Å²) in [6.07, 6.45) is 0. The van der Waals surface area contributed by atoms with E-state index in [4.69, 9.17) is 9.26 Å². The molecule has 25 heavy (non-hydrogen) atoms. The van der Waals surface area contributed by atoms with E-state index in [9.17, 15) is 4.79 Å². The van der Waals surface area contributed by atoms with Gasteiger partial charge < -0.3 is 14.6 Å². The van der Waals surface area contributed by atoms with Gasteiger partial charge in [-0.25, -0.2) is 0 Å². The highest BCUT2D eigenvalue weighted by Gasteiger charge is 2.21. The van der Waals surface area contributed by atoms with E-state index in [1.807, 2.05) is 31.5 Å². The highest BCUT2D eigenvalue weighted by molar-refractivity contribution is 5.93. The molecule has 3 heterocycles. The first-order valence-electron chi connectivity index (χ1n) is 8.59. The Morgan fingerprint density at radius 2 is 2.04 bits per heavy atom. The number of aromatic nitrogens is 3. The SMILES string of the molecule is Cc1cc(C)n(Cc2c(C(=O)NCCN3CCOCC3)noc2C)n1. The maximum absolute atomic E-state index is 12.5. The summed E-state index contributed by atoms with van der Waals surface area (Å²) >= 11 is 0. The molecule has 1 saturated heterocycles. The molecule has 1 fully saturated rings. The Morgan fingerprint density at radius 3 is 2.72 bits per heavy atom. The van der Waals surface area contributed by atoms with Crippen molar-refractivity contribution in [3.8, 4) is 0 Å². The molecule has 0 atom stereocenters. The van der Waals surface area contributed by atoms with Gasteiger partial charge in [0.25, 0.3) is 5.91 Å². The standard InChI is InChI=1S/C17H25N5O3/c1-12-10-13(2)22(19-12)11-15-14(3)25-20-16(15)17(23)18-4-5-21-6-8-24-9-7-21/h10H,4-9,11H2,1-3H3,(H,18,23). The topological polar surface area (TPSA) is 85.4 Å². The molecule has 2 aromatic rings. The molecule has 0 saturated carbocycles. The normalized spacial score (nSPS) is 15.5. The van der Waals surface area contributed by atoms with Gasteiger partial charge in [0, 0.05) is 37.4 Å². The zero-order valence-corrected chi connectivity index (χ0v) is 15.0. The minimum atomic E-state index is -0.207. The summed E-state index contributed by atoms with van der Waals surface area (Å²) in [6.45, 7) is 10.9. The van der Waals surface area contributed by atoms with Crippen molar-refractivity contribution in [3.05, 3.63) is 34.5 Å². The second kappa shape index (κ2) is 7.79. The Balaban J connectivity index is 1.61. The molecule has 136 valence electrons. The minimum Gasteiger partial charge on any atom is -0.379 e. The summed E-state index contributed by atoms with van der Waals surface area (Å²) in [7, 11) is 0. The average Bonchev–Trinajstić information content (AvgIpc) is 3.11. The second-order valence-electron chi connectivity index (χ2n) is 6.36. The molecule has 3 rings (SSSR count). The van der Waals surface area contributed by atoms with Crippen LogP contribution in [-0.2, 0) is 11.3 Å². The zero-order valence-electron chi connectivity index (χ0n) is 15.0. The van der Waals surface area contributed by atoms with Gasteiger partial charge in [-0.1, -0.05) is 5.16 Å². The summed E-state index contributed by atoms with van der Waals surface area (Å²) in [6, 6.07) is 2.00. The van der Waals surface area contributed by atoms with Gasteiger partial charge in [-0.3, -0.25) is 14.4 Å². The molecular weight excluding hydrogens is 322 g/mol. The summed E-state index contributed by atoms with van der Waals surface area (Å²) in [5.41, 5.74) is 3.10. The molecule has 1 amide bonds. The molecule has 8 heteroatoms. The van der Waals surface area contributed by atoms with Crippen LogP contribution >= 0.6 is 0 Å². The van der Waals surface area contributed by atoms with Crippen molar-refractivity contribution in [2.24, 2.45) is 0 Å². The highest BCUT2D eigenvalue weighted by Crippen LogP contribution is 2.16. The summed E-state index contributed by atoms with van der Waals surface area (Å²) in [5.74, 6) is 0.438. The van der Waals surface area contributed by atoms with Gasteiger partial charge in [0.1, 0.15) is 5.76 Å². The van der Waals surface area contributed by atoms with E-state index in [2.05, 4.69) is 20.5 Å². The molecule has 0 aromatic carbocycles. The number of carbonyl (C=O) groups excluding carboxylic acids is 1. The van der Waals surface area contributed by atoms with Crippen LogP contribution in [0.15, 0.2) is 10.6 Å². The Bertz CT molecular complexity index is 731. The third-order valence-corrected chi connectivity index (χ3v) is 4.43. The number of amides is 1. The van der Waals surface area contributed by atoms with E-state index in [1.54, 1.807) is 0 Å². The second-order valence-corrected chi connectivity index (χ2v) is 6.36. The smallest absolute Gasteiger partial charge is 0.273 e. The van der Waals surface area contributed by atoms with Gasteiger partial charge in [-0.05, 0) is 26.8 Å². The predicted octanol–water partition coefficient (Wildman–Crippen LogP) is 0.907. The third kappa shape index (κ3) is 4.26. The lowest BCUT2D eigenvalue weighted by atomic mass is 10.2. The number of carbonyl (C=O) groups is 1. The quantitative estimate of drug-likeness (QED) is 0.836. The van der Waals surface area contributed by atoms with Crippen molar-refractivity contribution < 1.29 is 14.1 Å². The van der Waals surface area contributed by atoms with Crippen LogP contribution < -0.4 is 5.32 Å². The average molecular weight is 347 g/mol. The first kappa shape index (κ1) is 17.6. The van der Waals surface area contributed by atoms with E-state index >= 15 is 0 Å². The lowest BCUT2D eigenvalue weighted by Gasteiger charge is -2.26. The van der Waals surface area contributed by atoms with Crippen LogP contribution in [0.25, 0.3) is 0 Å². The first-order chi connectivity index (χ1) is 12.0. The molecule has 0 aliphatic carbocycles. The van der Waals surface area contributed by atoms with E-state index in [0.717, 1.165) is 49.8 Å². The maximum Gasteiger partial charge on any atom is 0.273 e. The lowest BCUT2D eigenvalue weighted by Crippen LogP contribution is -2.41. The van der Waals surface area contributed by atoms with Gasteiger partial charge in [-0.2, -0.15) is 5.10 Å². The summed E-state index contributed by atoms with van der Waals surface area (Å²) < 4.78 is 12.4. The molecule has 0 spiro atoms. The van der Waals surface area contributed by atoms with Gasteiger partial charge in [0.15, 0.2) is 5.69 Å². The molecule has 0 unspecified atom stereocenters. The van der Waals surface area contributed by atoms with Gasteiger partial charge in [0.2, 0.25) is 0 Å². The Labute approximate surface area is 147 Å². The number of morpholine rings is 1. The number of nitrogens with zero attached hydrogens (tertiary/aromatic N) is 4. The monoisotopic (exact) mass is 347 g/mol. The van der Waals surface area contributed by atoms with Gasteiger partial charge >= 0.3 is 0 Å². The molecule has 1 aliphatic heterocycles.